The molecule has 0 fully saturated rings. The number of hydrogen-bond acceptors (Lipinski definition) is 5. The molecule has 27 heavy (non-hydrogen) atoms. The van der Waals surface area contributed by atoms with Gasteiger partial charge in [0.05, 0.1) is 12.2 Å². The van der Waals surface area contributed by atoms with Crippen molar-refractivity contribution >= 4 is 17.8 Å². The van der Waals surface area contributed by atoms with Gasteiger partial charge in [-0.2, -0.15) is 9.78 Å². The number of aromatic nitrogens is 2. The van der Waals surface area contributed by atoms with Gasteiger partial charge in [-0.05, 0) is 52.7 Å². The number of anilines is 1. The van der Waals surface area contributed by atoms with Crippen LogP contribution in [-0.4, -0.2) is 38.8 Å². The molecule has 0 saturated heterocycles. The number of carbonyl (C=O) groups is 2. The molecule has 1 aliphatic rings. The Morgan fingerprint density at radius 3 is 2.56 bits per heavy atom. The quantitative estimate of drug-likeness (QED) is 0.833. The van der Waals surface area contributed by atoms with Gasteiger partial charge in [0.25, 0.3) is 5.91 Å². The lowest BCUT2D eigenvalue weighted by molar-refractivity contribution is 0.0221. The van der Waals surface area contributed by atoms with Crippen molar-refractivity contribution in [3.05, 3.63) is 46.1 Å². The number of ether oxygens (including phenoxy) is 1. The molecule has 144 valence electrons. The number of aryl methyl sites for hydroxylation is 2. The Morgan fingerprint density at radius 1 is 1.22 bits per heavy atom. The molecule has 1 aliphatic heterocycles. The largest absolute Gasteiger partial charge is 0.444 e. The number of hydrogen-bond donors (Lipinski definition) is 1. The molecule has 0 unspecified atom stereocenters. The lowest BCUT2D eigenvalue weighted by Gasteiger charge is -2.29. The molecular weight excluding hydrogens is 344 g/mol. The van der Waals surface area contributed by atoms with Crippen LogP contribution in [-0.2, 0) is 17.7 Å². The molecule has 0 aliphatic carbocycles. The van der Waals surface area contributed by atoms with E-state index in [0.717, 1.165) is 16.7 Å². The number of nitrogens with zero attached hydrogens (tertiary/aromatic N) is 3. The molecule has 7 nitrogen and oxygen atoms in total. The third-order valence-corrected chi connectivity index (χ3v) is 4.54. The standard InChI is InChI=1S/C20H26N4O3/c1-12-6-7-14(13(2)10-12)18(25)24-17(21)15-8-9-23(11-16(15)22-24)19(26)27-20(3,4)5/h6-7,10H,8-9,11,21H2,1-5H3. The summed E-state index contributed by atoms with van der Waals surface area (Å²) in [5.41, 5.74) is 9.65. The van der Waals surface area contributed by atoms with Crippen molar-refractivity contribution in [2.45, 2.75) is 53.2 Å². The van der Waals surface area contributed by atoms with E-state index in [2.05, 4.69) is 5.10 Å². The number of nitrogen functional groups attached to an aromatic ring is 1. The summed E-state index contributed by atoms with van der Waals surface area (Å²) in [6.45, 7) is 10.1. The molecule has 1 aromatic heterocycles. The van der Waals surface area contributed by atoms with Gasteiger partial charge >= 0.3 is 6.09 Å². The Labute approximate surface area is 159 Å². The molecule has 0 saturated carbocycles. The number of fused-ring (bicyclic) bond motifs is 1. The summed E-state index contributed by atoms with van der Waals surface area (Å²) in [5.74, 6) is 0.0852. The molecule has 7 heteroatoms. The highest BCUT2D eigenvalue weighted by atomic mass is 16.6. The maximum Gasteiger partial charge on any atom is 0.410 e. The van der Waals surface area contributed by atoms with Crippen molar-refractivity contribution in [3.63, 3.8) is 0 Å². The number of amides is 1. The lowest BCUT2D eigenvalue weighted by Crippen LogP contribution is -2.39. The molecular formula is C20H26N4O3. The number of benzene rings is 1. The second-order valence-electron chi connectivity index (χ2n) is 8.00. The normalized spacial score (nSPS) is 14.0. The summed E-state index contributed by atoms with van der Waals surface area (Å²) in [6, 6.07) is 5.64. The summed E-state index contributed by atoms with van der Waals surface area (Å²) < 4.78 is 6.68. The van der Waals surface area contributed by atoms with E-state index in [-0.39, 0.29) is 18.5 Å². The van der Waals surface area contributed by atoms with Crippen LogP contribution < -0.4 is 5.73 Å². The molecule has 0 spiro atoms. The van der Waals surface area contributed by atoms with E-state index in [9.17, 15) is 9.59 Å². The first kappa shape index (κ1) is 18.9. The molecule has 2 heterocycles. The Balaban J connectivity index is 1.86. The average Bonchev–Trinajstić information content (AvgIpc) is 2.89. The van der Waals surface area contributed by atoms with Crippen LogP contribution in [0, 0.1) is 13.8 Å². The third kappa shape index (κ3) is 3.82. The highest BCUT2D eigenvalue weighted by Crippen LogP contribution is 2.26. The van der Waals surface area contributed by atoms with Gasteiger partial charge in [0.1, 0.15) is 11.4 Å². The molecule has 2 aromatic rings. The van der Waals surface area contributed by atoms with E-state index >= 15 is 0 Å². The predicted octanol–water partition coefficient (Wildman–Crippen LogP) is 3.06. The summed E-state index contributed by atoms with van der Waals surface area (Å²) in [4.78, 5) is 26.8. The highest BCUT2D eigenvalue weighted by Gasteiger charge is 2.30. The fourth-order valence-electron chi connectivity index (χ4n) is 3.22. The monoisotopic (exact) mass is 370 g/mol. The Morgan fingerprint density at radius 2 is 1.93 bits per heavy atom. The molecule has 0 atom stereocenters. The summed E-state index contributed by atoms with van der Waals surface area (Å²) in [5, 5.41) is 4.41. The van der Waals surface area contributed by atoms with Crippen LogP contribution in [0.5, 0.6) is 0 Å². The van der Waals surface area contributed by atoms with Crippen LogP contribution in [0.25, 0.3) is 0 Å². The van der Waals surface area contributed by atoms with Crippen molar-refractivity contribution < 1.29 is 14.3 Å². The SMILES string of the molecule is Cc1ccc(C(=O)n2nc3c(c2N)CCN(C(=O)OC(C)(C)C)C3)c(C)c1. The van der Waals surface area contributed by atoms with Gasteiger partial charge in [0, 0.05) is 17.7 Å². The van der Waals surface area contributed by atoms with Crippen LogP contribution in [0.15, 0.2) is 18.2 Å². The minimum absolute atomic E-state index is 0.261. The second-order valence-corrected chi connectivity index (χ2v) is 8.00. The van der Waals surface area contributed by atoms with Gasteiger partial charge in [-0.1, -0.05) is 17.7 Å². The van der Waals surface area contributed by atoms with Crippen molar-refractivity contribution in [2.75, 3.05) is 12.3 Å². The highest BCUT2D eigenvalue weighted by molar-refractivity contribution is 5.98. The van der Waals surface area contributed by atoms with Gasteiger partial charge in [-0.3, -0.25) is 4.79 Å². The van der Waals surface area contributed by atoms with Crippen molar-refractivity contribution in [3.8, 4) is 0 Å². The molecule has 1 aromatic carbocycles. The molecule has 2 N–H and O–H groups in total. The van der Waals surface area contributed by atoms with E-state index in [1.54, 1.807) is 11.0 Å². The first-order valence-electron chi connectivity index (χ1n) is 9.03. The average molecular weight is 370 g/mol. The predicted molar refractivity (Wildman–Crippen MR) is 103 cm³/mol. The van der Waals surface area contributed by atoms with E-state index in [0.29, 0.717) is 30.0 Å². The Kier molecular flexibility index (Phi) is 4.71. The van der Waals surface area contributed by atoms with Crippen molar-refractivity contribution in [1.29, 1.82) is 0 Å². The molecule has 1 amide bonds. The van der Waals surface area contributed by atoms with E-state index in [1.807, 2.05) is 46.8 Å². The maximum absolute atomic E-state index is 12.9. The van der Waals surface area contributed by atoms with Gasteiger partial charge < -0.3 is 15.4 Å². The minimum Gasteiger partial charge on any atom is -0.444 e. The van der Waals surface area contributed by atoms with Crippen molar-refractivity contribution in [2.24, 2.45) is 0 Å². The fraction of sp³-hybridized carbons (Fsp3) is 0.450. The number of carbonyl (C=O) groups excluding carboxylic acids is 2. The molecule has 0 bridgehead atoms. The topological polar surface area (TPSA) is 90.5 Å². The van der Waals surface area contributed by atoms with Crippen molar-refractivity contribution in [1.82, 2.24) is 14.7 Å². The fourth-order valence-corrected chi connectivity index (χ4v) is 3.22. The second kappa shape index (κ2) is 6.72. The van der Waals surface area contributed by atoms with Crippen LogP contribution in [0.4, 0.5) is 10.6 Å². The van der Waals surface area contributed by atoms with Gasteiger partial charge in [-0.25, -0.2) is 4.79 Å². The van der Waals surface area contributed by atoms with E-state index in [1.165, 1.54) is 4.68 Å². The minimum atomic E-state index is -0.561. The summed E-state index contributed by atoms with van der Waals surface area (Å²) >= 11 is 0. The lowest BCUT2D eigenvalue weighted by atomic mass is 10.1. The van der Waals surface area contributed by atoms with Gasteiger partial charge in [0.2, 0.25) is 0 Å². The maximum atomic E-state index is 12.9. The first-order chi connectivity index (χ1) is 12.6. The van der Waals surface area contributed by atoms with Crippen LogP contribution >= 0.6 is 0 Å². The summed E-state index contributed by atoms with van der Waals surface area (Å²) in [6.07, 6.45) is 0.155. The first-order valence-corrected chi connectivity index (χ1v) is 9.03. The molecule has 3 rings (SSSR count). The smallest absolute Gasteiger partial charge is 0.410 e. The summed E-state index contributed by atoms with van der Waals surface area (Å²) in [7, 11) is 0. The van der Waals surface area contributed by atoms with Crippen LogP contribution in [0.3, 0.4) is 0 Å². The number of rotatable bonds is 1. The Hall–Kier alpha value is -2.83. The third-order valence-electron chi connectivity index (χ3n) is 4.54. The zero-order chi connectivity index (χ0) is 19.9. The molecule has 0 radical (unpaired) electrons. The Bertz CT molecular complexity index is 909. The van der Waals surface area contributed by atoms with Gasteiger partial charge in [-0.15, -0.1) is 0 Å². The number of nitrogens with two attached hydrogens (primary N) is 1. The van der Waals surface area contributed by atoms with Gasteiger partial charge in [0.15, 0.2) is 0 Å². The zero-order valence-electron chi connectivity index (χ0n) is 16.5. The van der Waals surface area contributed by atoms with E-state index < -0.39 is 5.60 Å². The van der Waals surface area contributed by atoms with E-state index in [4.69, 9.17) is 10.5 Å². The zero-order valence-corrected chi connectivity index (χ0v) is 16.5. The van der Waals surface area contributed by atoms with Crippen LogP contribution in [0.2, 0.25) is 0 Å². The van der Waals surface area contributed by atoms with Crippen LogP contribution in [0.1, 0.15) is 53.5 Å².